The summed E-state index contributed by atoms with van der Waals surface area (Å²) in [6.45, 7) is 6.25. The Balaban J connectivity index is 2.90. The highest BCUT2D eigenvalue weighted by Crippen LogP contribution is 2.25. The number of ether oxygens (including phenoxy) is 1. The molecule has 3 heteroatoms. The molecule has 0 aromatic heterocycles. The van der Waals surface area contributed by atoms with E-state index in [1.54, 1.807) is 6.07 Å². The zero-order chi connectivity index (χ0) is 12.2. The topological polar surface area (TPSA) is 35.2 Å². The first-order valence-corrected chi connectivity index (χ1v) is 5.21. The minimum atomic E-state index is -0.344. The van der Waals surface area contributed by atoms with E-state index in [0.717, 1.165) is 5.56 Å². The maximum atomic E-state index is 13.5. The van der Waals surface area contributed by atoms with Crippen LogP contribution in [-0.2, 0) is 6.42 Å². The molecule has 2 nitrogen and oxygen atoms in total. The summed E-state index contributed by atoms with van der Waals surface area (Å²) < 4.78 is 18.3. The van der Waals surface area contributed by atoms with Gasteiger partial charge in [0.05, 0.1) is 7.11 Å². The summed E-state index contributed by atoms with van der Waals surface area (Å²) in [4.78, 5) is 0. The number of methoxy groups -OCH3 is 1. The van der Waals surface area contributed by atoms with E-state index in [-0.39, 0.29) is 17.0 Å². The number of halogens is 1. The molecule has 0 aliphatic rings. The number of nitrogens with two attached hydrogens (primary N) is 1. The molecule has 2 N–H and O–H groups in total. The van der Waals surface area contributed by atoms with Crippen LogP contribution in [-0.4, -0.2) is 13.7 Å². The van der Waals surface area contributed by atoms with Crippen LogP contribution in [0.2, 0.25) is 0 Å². The Labute approximate surface area is 95.9 Å². The van der Waals surface area contributed by atoms with Gasteiger partial charge in [0.2, 0.25) is 0 Å². The molecule has 0 aliphatic carbocycles. The molecule has 0 saturated carbocycles. The summed E-state index contributed by atoms with van der Waals surface area (Å²) in [6.07, 6.45) is 2.49. The minimum absolute atomic E-state index is 0.193. The Morgan fingerprint density at radius 3 is 2.69 bits per heavy atom. The third-order valence-electron chi connectivity index (χ3n) is 2.78. The summed E-state index contributed by atoms with van der Waals surface area (Å²) in [6, 6.07) is 4.96. The fourth-order valence-corrected chi connectivity index (χ4v) is 1.51. The van der Waals surface area contributed by atoms with Crippen LogP contribution in [0.4, 0.5) is 4.39 Å². The van der Waals surface area contributed by atoms with Crippen LogP contribution >= 0.6 is 0 Å². The molecule has 1 aromatic rings. The van der Waals surface area contributed by atoms with Crippen molar-refractivity contribution in [3.05, 3.63) is 42.2 Å². The van der Waals surface area contributed by atoms with E-state index in [2.05, 4.69) is 6.58 Å². The Bertz CT molecular complexity index is 378. The summed E-state index contributed by atoms with van der Waals surface area (Å²) in [5, 5.41) is 0. The van der Waals surface area contributed by atoms with Gasteiger partial charge in [-0.1, -0.05) is 19.1 Å². The summed E-state index contributed by atoms with van der Waals surface area (Å²) in [5.41, 5.74) is 6.37. The van der Waals surface area contributed by atoms with Crippen molar-refractivity contribution in [1.82, 2.24) is 0 Å². The molecule has 1 atom stereocenters. The monoisotopic (exact) mass is 223 g/mol. The molecule has 0 fully saturated rings. The number of hydrogen-bond acceptors (Lipinski definition) is 2. The third-order valence-corrected chi connectivity index (χ3v) is 2.78. The molecule has 1 aromatic carbocycles. The summed E-state index contributed by atoms with van der Waals surface area (Å²) in [7, 11) is 1.45. The minimum Gasteiger partial charge on any atom is -0.494 e. The van der Waals surface area contributed by atoms with Crippen molar-refractivity contribution < 1.29 is 9.13 Å². The lowest BCUT2D eigenvalue weighted by atomic mass is 9.84. The molecule has 0 radical (unpaired) electrons. The second kappa shape index (κ2) is 5.12. The Morgan fingerprint density at radius 1 is 1.56 bits per heavy atom. The predicted octanol–water partition coefficient (Wildman–Crippen LogP) is 2.53. The molecule has 88 valence electrons. The predicted molar refractivity (Wildman–Crippen MR) is 64.0 cm³/mol. The molecule has 0 aliphatic heterocycles. The molecule has 1 rings (SSSR count). The first kappa shape index (κ1) is 12.7. The molecule has 1 unspecified atom stereocenters. The van der Waals surface area contributed by atoms with Gasteiger partial charge < -0.3 is 10.5 Å². The smallest absolute Gasteiger partial charge is 0.165 e. The van der Waals surface area contributed by atoms with Gasteiger partial charge in [-0.15, -0.1) is 6.58 Å². The standard InChI is InChI=1S/C13H18FNO/c1-4-13(2,9-15)8-10-5-6-12(16-3)11(14)7-10/h4-7H,1,8-9,15H2,2-3H3. The van der Waals surface area contributed by atoms with Gasteiger partial charge >= 0.3 is 0 Å². The maximum Gasteiger partial charge on any atom is 0.165 e. The van der Waals surface area contributed by atoms with Crippen LogP contribution < -0.4 is 10.5 Å². The number of benzene rings is 1. The number of rotatable bonds is 5. The quantitative estimate of drug-likeness (QED) is 0.778. The Kier molecular flexibility index (Phi) is 4.07. The molecule has 0 saturated heterocycles. The van der Waals surface area contributed by atoms with Crippen molar-refractivity contribution in [2.24, 2.45) is 11.1 Å². The lowest BCUT2D eigenvalue weighted by molar-refractivity contribution is 0.384. The van der Waals surface area contributed by atoms with Crippen LogP contribution in [0.1, 0.15) is 12.5 Å². The highest BCUT2D eigenvalue weighted by atomic mass is 19.1. The third kappa shape index (κ3) is 2.83. The van der Waals surface area contributed by atoms with E-state index >= 15 is 0 Å². The van der Waals surface area contributed by atoms with Crippen molar-refractivity contribution in [3.63, 3.8) is 0 Å². The van der Waals surface area contributed by atoms with E-state index in [4.69, 9.17) is 10.5 Å². The van der Waals surface area contributed by atoms with Gasteiger partial charge in [0.1, 0.15) is 0 Å². The highest BCUT2D eigenvalue weighted by Gasteiger charge is 2.19. The average molecular weight is 223 g/mol. The normalized spacial score (nSPS) is 14.2. The lowest BCUT2D eigenvalue weighted by Gasteiger charge is -2.23. The van der Waals surface area contributed by atoms with E-state index in [0.29, 0.717) is 13.0 Å². The van der Waals surface area contributed by atoms with Gasteiger partial charge in [-0.05, 0) is 24.1 Å². The maximum absolute atomic E-state index is 13.5. The largest absolute Gasteiger partial charge is 0.494 e. The van der Waals surface area contributed by atoms with Crippen LogP contribution in [0, 0.1) is 11.2 Å². The van der Waals surface area contributed by atoms with Crippen molar-refractivity contribution >= 4 is 0 Å². The Hall–Kier alpha value is -1.35. The van der Waals surface area contributed by atoms with Crippen LogP contribution in [0.3, 0.4) is 0 Å². The van der Waals surface area contributed by atoms with Gasteiger partial charge in [-0.3, -0.25) is 0 Å². The van der Waals surface area contributed by atoms with Gasteiger partial charge in [0, 0.05) is 12.0 Å². The van der Waals surface area contributed by atoms with Gasteiger partial charge in [-0.2, -0.15) is 0 Å². The van der Waals surface area contributed by atoms with Gasteiger partial charge in [0.15, 0.2) is 11.6 Å². The van der Waals surface area contributed by atoms with Crippen LogP contribution in [0.15, 0.2) is 30.9 Å². The lowest BCUT2D eigenvalue weighted by Crippen LogP contribution is -2.27. The second-order valence-electron chi connectivity index (χ2n) is 4.21. The zero-order valence-electron chi connectivity index (χ0n) is 9.79. The van der Waals surface area contributed by atoms with Crippen molar-refractivity contribution in [1.29, 1.82) is 0 Å². The van der Waals surface area contributed by atoms with Crippen molar-refractivity contribution in [3.8, 4) is 5.75 Å². The fourth-order valence-electron chi connectivity index (χ4n) is 1.51. The van der Waals surface area contributed by atoms with E-state index in [1.807, 2.05) is 19.1 Å². The van der Waals surface area contributed by atoms with Crippen LogP contribution in [0.25, 0.3) is 0 Å². The van der Waals surface area contributed by atoms with E-state index in [1.165, 1.54) is 13.2 Å². The molecule has 0 bridgehead atoms. The molecular formula is C13H18FNO. The summed E-state index contributed by atoms with van der Waals surface area (Å²) >= 11 is 0. The van der Waals surface area contributed by atoms with Gasteiger partial charge in [-0.25, -0.2) is 4.39 Å². The average Bonchev–Trinajstić information content (AvgIpc) is 2.29. The summed E-state index contributed by atoms with van der Waals surface area (Å²) in [5.74, 6) is -0.0831. The second-order valence-corrected chi connectivity index (χ2v) is 4.21. The zero-order valence-corrected chi connectivity index (χ0v) is 9.79. The molecule has 0 spiro atoms. The molecular weight excluding hydrogens is 205 g/mol. The van der Waals surface area contributed by atoms with E-state index in [9.17, 15) is 4.39 Å². The van der Waals surface area contributed by atoms with Crippen molar-refractivity contribution in [2.45, 2.75) is 13.3 Å². The van der Waals surface area contributed by atoms with Crippen molar-refractivity contribution in [2.75, 3.05) is 13.7 Å². The first-order chi connectivity index (χ1) is 7.54. The molecule has 16 heavy (non-hydrogen) atoms. The molecule has 0 heterocycles. The Morgan fingerprint density at radius 2 is 2.25 bits per heavy atom. The number of hydrogen-bond donors (Lipinski definition) is 1. The fraction of sp³-hybridized carbons (Fsp3) is 0.385. The highest BCUT2D eigenvalue weighted by molar-refractivity contribution is 5.30. The van der Waals surface area contributed by atoms with Gasteiger partial charge in [0.25, 0.3) is 0 Å². The first-order valence-electron chi connectivity index (χ1n) is 5.21. The van der Waals surface area contributed by atoms with E-state index < -0.39 is 0 Å². The van der Waals surface area contributed by atoms with Crippen LogP contribution in [0.5, 0.6) is 5.75 Å². The molecule has 0 amide bonds. The SMILES string of the molecule is C=CC(C)(CN)Cc1ccc(OC)c(F)c1.